The van der Waals surface area contributed by atoms with Crippen molar-refractivity contribution in [2.75, 3.05) is 25.5 Å². The number of aromatic nitrogens is 2. The molecule has 1 aromatic rings. The van der Waals surface area contributed by atoms with Gasteiger partial charge in [0, 0.05) is 20.6 Å². The second kappa shape index (κ2) is 3.88. The summed E-state index contributed by atoms with van der Waals surface area (Å²) in [4.78, 5) is 16.7. The van der Waals surface area contributed by atoms with E-state index >= 15 is 0 Å². The van der Waals surface area contributed by atoms with Gasteiger partial charge in [0.15, 0.2) is 0 Å². The lowest BCUT2D eigenvalue weighted by Crippen LogP contribution is -2.24. The fourth-order valence-corrected chi connectivity index (χ4v) is 0.729. The van der Waals surface area contributed by atoms with Crippen molar-refractivity contribution in [1.82, 2.24) is 15.5 Å². The molecule has 0 fully saturated rings. The van der Waals surface area contributed by atoms with Crippen LogP contribution in [0.5, 0.6) is 0 Å². The van der Waals surface area contributed by atoms with Crippen LogP contribution in [0.3, 0.4) is 0 Å². The Bertz CT molecular complexity index is 294. The van der Waals surface area contributed by atoms with E-state index < -0.39 is 0 Å². The van der Waals surface area contributed by atoms with Gasteiger partial charge in [0.05, 0.1) is 0 Å². The molecular weight excluding hydrogens is 172 g/mol. The van der Waals surface area contributed by atoms with Gasteiger partial charge in [-0.05, 0) is 12.1 Å². The maximum Gasteiger partial charge on any atom is 0.324 e. The van der Waals surface area contributed by atoms with E-state index in [9.17, 15) is 4.79 Å². The molecule has 72 valence electrons. The van der Waals surface area contributed by atoms with Gasteiger partial charge in [0.25, 0.3) is 11.7 Å². The smallest absolute Gasteiger partial charge is 0.324 e. The lowest BCUT2D eigenvalue weighted by Gasteiger charge is -2.01. The van der Waals surface area contributed by atoms with E-state index in [-0.39, 0.29) is 11.7 Å². The zero-order valence-corrected chi connectivity index (χ0v) is 7.87. The van der Waals surface area contributed by atoms with Gasteiger partial charge in [-0.3, -0.25) is 4.79 Å². The molecule has 1 aromatic heterocycles. The van der Waals surface area contributed by atoms with E-state index in [4.69, 9.17) is 4.52 Å². The summed E-state index contributed by atoms with van der Waals surface area (Å²) in [5.74, 6) is -0.259. The quantitative estimate of drug-likeness (QED) is 0.709. The maximum absolute atomic E-state index is 11.2. The van der Waals surface area contributed by atoms with Crippen LogP contribution in [0.4, 0.5) is 6.01 Å². The molecule has 0 aliphatic rings. The Morgan fingerprint density at radius 3 is 2.77 bits per heavy atom. The number of amides is 1. The number of nitrogens with zero attached hydrogens (tertiary/aromatic N) is 3. The number of hydrogen-bond donors (Lipinski definition) is 1. The number of carbonyl (C=O) groups excluding carboxylic acids is 1. The molecule has 1 amide bonds. The summed E-state index contributed by atoms with van der Waals surface area (Å²) >= 11 is 0. The lowest BCUT2D eigenvalue weighted by atomic mass is 10.5. The fourth-order valence-electron chi connectivity index (χ4n) is 0.729. The van der Waals surface area contributed by atoms with E-state index in [0.717, 1.165) is 0 Å². The first-order valence-electron chi connectivity index (χ1n) is 3.94. The predicted molar refractivity (Wildman–Crippen MR) is 46.6 cm³/mol. The molecule has 1 rings (SSSR count). The summed E-state index contributed by atoms with van der Waals surface area (Å²) in [6, 6.07) is 0.321. The van der Waals surface area contributed by atoms with E-state index in [0.29, 0.717) is 12.6 Å². The Morgan fingerprint density at radius 1 is 1.62 bits per heavy atom. The van der Waals surface area contributed by atoms with E-state index in [1.807, 2.05) is 6.92 Å². The van der Waals surface area contributed by atoms with Crippen LogP contribution < -0.4 is 10.2 Å². The standard InChI is InChI=1S/C7H12N4O2/c1-4-8-6(12)5-9-7(11(2)3)13-10-5/h4H2,1-3H3,(H,8,12). The highest BCUT2D eigenvalue weighted by atomic mass is 16.5. The van der Waals surface area contributed by atoms with Gasteiger partial charge in [-0.25, -0.2) is 0 Å². The Morgan fingerprint density at radius 2 is 2.31 bits per heavy atom. The van der Waals surface area contributed by atoms with Crippen LogP contribution in [0, 0.1) is 0 Å². The molecule has 0 radical (unpaired) electrons. The maximum atomic E-state index is 11.2. The van der Waals surface area contributed by atoms with Crippen molar-refractivity contribution < 1.29 is 9.32 Å². The first-order chi connectivity index (χ1) is 6.15. The number of hydrogen-bond acceptors (Lipinski definition) is 5. The molecule has 6 heteroatoms. The lowest BCUT2D eigenvalue weighted by molar-refractivity contribution is 0.0942. The van der Waals surface area contributed by atoms with Crippen LogP contribution in [0.15, 0.2) is 4.52 Å². The van der Waals surface area contributed by atoms with Crippen molar-refractivity contribution in [3.8, 4) is 0 Å². The Labute approximate surface area is 75.9 Å². The van der Waals surface area contributed by atoms with Crippen molar-refractivity contribution >= 4 is 11.9 Å². The normalized spacial score (nSPS) is 9.77. The second-order valence-corrected chi connectivity index (χ2v) is 2.65. The molecule has 6 nitrogen and oxygen atoms in total. The van der Waals surface area contributed by atoms with Gasteiger partial charge >= 0.3 is 6.01 Å². The summed E-state index contributed by atoms with van der Waals surface area (Å²) in [5.41, 5.74) is 0. The van der Waals surface area contributed by atoms with Crippen LogP contribution in [0.2, 0.25) is 0 Å². The molecule has 0 spiro atoms. The third-order valence-corrected chi connectivity index (χ3v) is 1.34. The number of nitrogens with one attached hydrogen (secondary N) is 1. The third-order valence-electron chi connectivity index (χ3n) is 1.34. The molecule has 0 saturated heterocycles. The highest BCUT2D eigenvalue weighted by Gasteiger charge is 2.13. The molecule has 0 aliphatic heterocycles. The monoisotopic (exact) mass is 184 g/mol. The van der Waals surface area contributed by atoms with Gasteiger partial charge in [0.2, 0.25) is 0 Å². The van der Waals surface area contributed by atoms with Crippen molar-refractivity contribution in [3.05, 3.63) is 5.82 Å². The van der Waals surface area contributed by atoms with Gasteiger partial charge in [-0.2, -0.15) is 4.98 Å². The first kappa shape index (κ1) is 9.50. The van der Waals surface area contributed by atoms with E-state index in [1.54, 1.807) is 19.0 Å². The van der Waals surface area contributed by atoms with Crippen molar-refractivity contribution in [3.63, 3.8) is 0 Å². The molecule has 0 unspecified atom stereocenters. The van der Waals surface area contributed by atoms with E-state index in [1.165, 1.54) is 0 Å². The predicted octanol–water partition coefficient (Wildman–Crippen LogP) is -0.115. The van der Waals surface area contributed by atoms with E-state index in [2.05, 4.69) is 15.5 Å². The minimum absolute atomic E-state index is 0.0607. The SMILES string of the molecule is CCNC(=O)c1noc(N(C)C)n1. The highest BCUT2D eigenvalue weighted by Crippen LogP contribution is 2.05. The fraction of sp³-hybridized carbons (Fsp3) is 0.571. The topological polar surface area (TPSA) is 71.3 Å². The minimum Gasteiger partial charge on any atom is -0.349 e. The van der Waals surface area contributed by atoms with Crippen molar-refractivity contribution in [2.24, 2.45) is 0 Å². The highest BCUT2D eigenvalue weighted by molar-refractivity contribution is 5.90. The van der Waals surface area contributed by atoms with Gasteiger partial charge in [0.1, 0.15) is 0 Å². The molecular formula is C7H12N4O2. The second-order valence-electron chi connectivity index (χ2n) is 2.65. The van der Waals surface area contributed by atoms with Gasteiger partial charge < -0.3 is 14.7 Å². The van der Waals surface area contributed by atoms with Crippen LogP contribution >= 0.6 is 0 Å². The Balaban J connectivity index is 2.73. The molecule has 0 bridgehead atoms. The van der Waals surface area contributed by atoms with Gasteiger partial charge in [-0.15, -0.1) is 0 Å². The largest absolute Gasteiger partial charge is 0.349 e. The third kappa shape index (κ3) is 2.17. The van der Waals surface area contributed by atoms with Crippen LogP contribution in [-0.4, -0.2) is 36.7 Å². The molecule has 0 atom stereocenters. The molecule has 1 N–H and O–H groups in total. The Kier molecular flexibility index (Phi) is 2.84. The molecule has 13 heavy (non-hydrogen) atoms. The number of rotatable bonds is 3. The molecule has 0 saturated carbocycles. The Hall–Kier alpha value is -1.59. The number of anilines is 1. The van der Waals surface area contributed by atoms with Crippen LogP contribution in [-0.2, 0) is 0 Å². The van der Waals surface area contributed by atoms with Crippen molar-refractivity contribution in [2.45, 2.75) is 6.92 Å². The zero-order chi connectivity index (χ0) is 9.84. The molecule has 0 aromatic carbocycles. The summed E-state index contributed by atoms with van der Waals surface area (Å²) in [7, 11) is 3.52. The average molecular weight is 184 g/mol. The first-order valence-corrected chi connectivity index (χ1v) is 3.94. The van der Waals surface area contributed by atoms with Crippen LogP contribution in [0.1, 0.15) is 17.5 Å². The minimum atomic E-state index is -0.320. The van der Waals surface area contributed by atoms with Crippen LogP contribution in [0.25, 0.3) is 0 Å². The summed E-state index contributed by atoms with van der Waals surface area (Å²) < 4.78 is 4.80. The summed E-state index contributed by atoms with van der Waals surface area (Å²) in [6.45, 7) is 2.37. The summed E-state index contributed by atoms with van der Waals surface area (Å²) in [5, 5.41) is 6.09. The number of carbonyl (C=O) groups is 1. The molecule has 1 heterocycles. The van der Waals surface area contributed by atoms with Gasteiger partial charge in [-0.1, -0.05) is 0 Å². The average Bonchev–Trinajstić information content (AvgIpc) is 2.52. The van der Waals surface area contributed by atoms with Crippen molar-refractivity contribution in [1.29, 1.82) is 0 Å². The zero-order valence-electron chi connectivity index (χ0n) is 7.87. The molecule has 0 aliphatic carbocycles. The summed E-state index contributed by atoms with van der Waals surface area (Å²) in [6.07, 6.45) is 0.